The minimum atomic E-state index is -0.0300. The van der Waals surface area contributed by atoms with Gasteiger partial charge in [-0.1, -0.05) is 0 Å². The molecule has 60 valence electrons. The summed E-state index contributed by atoms with van der Waals surface area (Å²) in [4.78, 5) is 3.92. The Morgan fingerprint density at radius 3 is 3.08 bits per heavy atom. The fourth-order valence-corrected chi connectivity index (χ4v) is 1.17. The molecule has 1 heterocycles. The van der Waals surface area contributed by atoms with Gasteiger partial charge in [0, 0.05) is 6.20 Å². The lowest BCUT2D eigenvalue weighted by Crippen LogP contribution is -2.03. The predicted octanol–water partition coefficient (Wildman–Crippen LogP) is 0.939. The number of nitriles is 1. The van der Waals surface area contributed by atoms with Gasteiger partial charge in [-0.3, -0.25) is 5.41 Å². The van der Waals surface area contributed by atoms with Gasteiger partial charge in [-0.25, -0.2) is 4.98 Å². The molecule has 0 aliphatic rings. The third-order valence-electron chi connectivity index (χ3n) is 1.08. The summed E-state index contributed by atoms with van der Waals surface area (Å²) in [6.07, 6.45) is 1.52. The molecule has 1 aromatic rings. The van der Waals surface area contributed by atoms with Crippen molar-refractivity contribution in [3.63, 3.8) is 0 Å². The highest BCUT2D eigenvalue weighted by Crippen LogP contribution is 2.14. The molecule has 0 radical (unpaired) electrons. The molecular formula is C7H6N4S. The van der Waals surface area contributed by atoms with Crippen LogP contribution in [0.15, 0.2) is 23.4 Å². The molecule has 0 spiro atoms. The van der Waals surface area contributed by atoms with Crippen molar-refractivity contribution in [2.24, 2.45) is 5.73 Å². The molecule has 0 amide bonds. The monoisotopic (exact) mass is 178 g/mol. The van der Waals surface area contributed by atoms with E-state index in [1.807, 2.05) is 6.07 Å². The minimum Gasteiger partial charge on any atom is -0.378 e. The first-order chi connectivity index (χ1) is 5.72. The van der Waals surface area contributed by atoms with Crippen LogP contribution in [0.25, 0.3) is 0 Å². The quantitative estimate of drug-likeness (QED) is 0.380. The van der Waals surface area contributed by atoms with Crippen LogP contribution in [0.1, 0.15) is 5.56 Å². The van der Waals surface area contributed by atoms with E-state index in [9.17, 15) is 0 Å². The molecule has 1 rings (SSSR count). The normalized spacial score (nSPS) is 8.92. The molecule has 5 heteroatoms. The Kier molecular flexibility index (Phi) is 2.66. The lowest BCUT2D eigenvalue weighted by Gasteiger charge is -1.96. The second-order valence-corrected chi connectivity index (χ2v) is 3.02. The average Bonchev–Trinajstić information content (AvgIpc) is 2.03. The lowest BCUT2D eigenvalue weighted by molar-refractivity contribution is 1.13. The first-order valence-corrected chi connectivity index (χ1v) is 3.92. The van der Waals surface area contributed by atoms with Crippen LogP contribution in [0.5, 0.6) is 0 Å². The van der Waals surface area contributed by atoms with Gasteiger partial charge in [0.15, 0.2) is 5.17 Å². The SMILES string of the molecule is N#Cc1ccnc(SC(=N)N)c1. The zero-order valence-corrected chi connectivity index (χ0v) is 6.93. The van der Waals surface area contributed by atoms with Crippen LogP contribution >= 0.6 is 11.8 Å². The van der Waals surface area contributed by atoms with Crippen molar-refractivity contribution in [1.82, 2.24) is 4.98 Å². The van der Waals surface area contributed by atoms with Gasteiger partial charge in [0.05, 0.1) is 11.6 Å². The maximum Gasteiger partial charge on any atom is 0.157 e. The van der Waals surface area contributed by atoms with Crippen molar-refractivity contribution in [3.8, 4) is 6.07 Å². The fraction of sp³-hybridized carbons (Fsp3) is 0. The molecule has 0 fully saturated rings. The summed E-state index contributed by atoms with van der Waals surface area (Å²) in [5, 5.41) is 16.0. The van der Waals surface area contributed by atoms with Crippen molar-refractivity contribution in [3.05, 3.63) is 23.9 Å². The minimum absolute atomic E-state index is 0.0300. The number of thioether (sulfide) groups is 1. The van der Waals surface area contributed by atoms with Gasteiger partial charge in [0.2, 0.25) is 0 Å². The first-order valence-electron chi connectivity index (χ1n) is 3.10. The van der Waals surface area contributed by atoms with Crippen molar-refractivity contribution >= 4 is 16.9 Å². The van der Waals surface area contributed by atoms with Gasteiger partial charge in [-0.2, -0.15) is 5.26 Å². The van der Waals surface area contributed by atoms with Crippen LogP contribution in [-0.2, 0) is 0 Å². The lowest BCUT2D eigenvalue weighted by atomic mass is 10.3. The van der Waals surface area contributed by atoms with Crippen LogP contribution in [-0.4, -0.2) is 10.2 Å². The van der Waals surface area contributed by atoms with E-state index < -0.39 is 0 Å². The van der Waals surface area contributed by atoms with Crippen LogP contribution < -0.4 is 5.73 Å². The van der Waals surface area contributed by atoms with E-state index in [0.717, 1.165) is 11.8 Å². The summed E-state index contributed by atoms with van der Waals surface area (Å²) in [6, 6.07) is 5.17. The largest absolute Gasteiger partial charge is 0.378 e. The number of hydrogen-bond acceptors (Lipinski definition) is 4. The van der Waals surface area contributed by atoms with Crippen molar-refractivity contribution in [1.29, 1.82) is 10.7 Å². The molecule has 0 aliphatic carbocycles. The first kappa shape index (κ1) is 8.56. The van der Waals surface area contributed by atoms with Gasteiger partial charge in [0.25, 0.3) is 0 Å². The Balaban J connectivity index is 2.88. The van der Waals surface area contributed by atoms with Gasteiger partial charge >= 0.3 is 0 Å². The summed E-state index contributed by atoms with van der Waals surface area (Å²) >= 11 is 1.03. The Hall–Kier alpha value is -1.54. The molecule has 0 atom stereocenters. The van der Waals surface area contributed by atoms with Crippen LogP contribution in [0.2, 0.25) is 0 Å². The standard InChI is InChI=1S/C7H6N4S/c8-4-5-1-2-11-6(3-5)12-7(9)10/h1-3H,(H3,9,10). The van der Waals surface area contributed by atoms with Gasteiger partial charge in [-0.05, 0) is 23.9 Å². The van der Waals surface area contributed by atoms with E-state index >= 15 is 0 Å². The average molecular weight is 178 g/mol. The molecule has 0 saturated carbocycles. The molecule has 0 aliphatic heterocycles. The van der Waals surface area contributed by atoms with Gasteiger partial charge in [-0.15, -0.1) is 0 Å². The Morgan fingerprint density at radius 1 is 1.75 bits per heavy atom. The zero-order chi connectivity index (χ0) is 8.97. The number of nitrogens with one attached hydrogen (secondary N) is 1. The van der Waals surface area contributed by atoms with E-state index in [1.54, 1.807) is 12.1 Å². The number of aromatic nitrogens is 1. The Bertz CT molecular complexity index is 342. The highest BCUT2D eigenvalue weighted by Gasteiger charge is 1.98. The van der Waals surface area contributed by atoms with Gasteiger partial charge in [0.1, 0.15) is 5.03 Å². The maximum atomic E-state index is 8.52. The highest BCUT2D eigenvalue weighted by atomic mass is 32.2. The summed E-state index contributed by atoms with van der Waals surface area (Å²) in [5.74, 6) is 0. The molecular weight excluding hydrogens is 172 g/mol. The number of amidine groups is 1. The zero-order valence-electron chi connectivity index (χ0n) is 6.11. The number of hydrogen-bond donors (Lipinski definition) is 2. The van der Waals surface area contributed by atoms with Crippen LogP contribution in [0.3, 0.4) is 0 Å². The summed E-state index contributed by atoms with van der Waals surface area (Å²) in [7, 11) is 0. The van der Waals surface area contributed by atoms with E-state index in [2.05, 4.69) is 4.98 Å². The molecule has 0 unspecified atom stereocenters. The molecule has 0 bridgehead atoms. The van der Waals surface area contributed by atoms with Crippen LogP contribution in [0, 0.1) is 16.7 Å². The van der Waals surface area contributed by atoms with E-state index in [4.69, 9.17) is 16.4 Å². The summed E-state index contributed by atoms with van der Waals surface area (Å²) in [5.41, 5.74) is 5.66. The molecule has 4 nitrogen and oxygen atoms in total. The van der Waals surface area contributed by atoms with E-state index in [0.29, 0.717) is 10.6 Å². The second kappa shape index (κ2) is 3.74. The smallest absolute Gasteiger partial charge is 0.157 e. The van der Waals surface area contributed by atoms with Crippen molar-refractivity contribution in [2.75, 3.05) is 0 Å². The maximum absolute atomic E-state index is 8.52. The number of nitrogens with zero attached hydrogens (tertiary/aromatic N) is 2. The number of rotatable bonds is 1. The number of nitrogens with two attached hydrogens (primary N) is 1. The molecule has 3 N–H and O–H groups in total. The third-order valence-corrected chi connectivity index (χ3v) is 1.73. The Labute approximate surface area is 73.9 Å². The van der Waals surface area contributed by atoms with Crippen LogP contribution in [0.4, 0.5) is 0 Å². The third kappa shape index (κ3) is 2.25. The fourth-order valence-electron chi connectivity index (χ4n) is 0.647. The topological polar surface area (TPSA) is 86.5 Å². The highest BCUT2D eigenvalue weighted by molar-refractivity contribution is 8.13. The van der Waals surface area contributed by atoms with Gasteiger partial charge < -0.3 is 5.73 Å². The summed E-state index contributed by atoms with van der Waals surface area (Å²) in [6.45, 7) is 0. The predicted molar refractivity (Wildman–Crippen MR) is 46.7 cm³/mol. The van der Waals surface area contributed by atoms with E-state index in [-0.39, 0.29) is 5.17 Å². The van der Waals surface area contributed by atoms with E-state index in [1.165, 1.54) is 6.20 Å². The van der Waals surface area contributed by atoms with Crippen molar-refractivity contribution in [2.45, 2.75) is 5.03 Å². The number of pyridine rings is 1. The molecule has 1 aromatic heterocycles. The molecule has 0 aromatic carbocycles. The summed E-state index contributed by atoms with van der Waals surface area (Å²) < 4.78 is 0. The second-order valence-electron chi connectivity index (χ2n) is 1.96. The molecule has 0 saturated heterocycles. The van der Waals surface area contributed by atoms with Crippen molar-refractivity contribution < 1.29 is 0 Å². The Morgan fingerprint density at radius 2 is 2.50 bits per heavy atom. The molecule has 12 heavy (non-hydrogen) atoms.